The first-order valence-electron chi connectivity index (χ1n) is 11.0. The smallest absolute Gasteiger partial charge is 0.325 e. The summed E-state index contributed by atoms with van der Waals surface area (Å²) in [6.45, 7) is 6.06. The van der Waals surface area contributed by atoms with Gasteiger partial charge in [0.1, 0.15) is 6.04 Å². The Morgan fingerprint density at radius 2 is 1.91 bits per heavy atom. The summed E-state index contributed by atoms with van der Waals surface area (Å²) >= 11 is 0. The molecule has 0 radical (unpaired) electrons. The first-order valence-corrected chi connectivity index (χ1v) is 12.8. The lowest BCUT2D eigenvalue weighted by Crippen LogP contribution is -2.52. The number of carbonyl (C=O) groups is 2. The molecule has 2 aliphatic heterocycles. The number of aromatic nitrogens is 1. The van der Waals surface area contributed by atoms with Crippen LogP contribution < -0.4 is 5.32 Å². The third-order valence-corrected chi connectivity index (χ3v) is 8.22. The van der Waals surface area contributed by atoms with Gasteiger partial charge in [0.05, 0.1) is 11.5 Å². The number of hydrogen-bond acceptors (Lipinski definition) is 6. The maximum atomic E-state index is 12.2. The molecule has 1 aromatic carbocycles. The van der Waals surface area contributed by atoms with Crippen molar-refractivity contribution in [3.05, 3.63) is 30.0 Å². The summed E-state index contributed by atoms with van der Waals surface area (Å²) < 4.78 is 23.6. The minimum Gasteiger partial charge on any atom is -0.480 e. The van der Waals surface area contributed by atoms with Crippen LogP contribution in [-0.4, -0.2) is 83.9 Å². The van der Waals surface area contributed by atoms with Gasteiger partial charge in [-0.1, -0.05) is 19.9 Å². The van der Waals surface area contributed by atoms with E-state index >= 15 is 0 Å². The van der Waals surface area contributed by atoms with Gasteiger partial charge in [-0.25, -0.2) is 8.42 Å². The van der Waals surface area contributed by atoms with E-state index in [4.69, 9.17) is 0 Å². The molecule has 4 rings (SSSR count). The number of sulfone groups is 1. The van der Waals surface area contributed by atoms with Crippen LogP contribution >= 0.6 is 0 Å². The van der Waals surface area contributed by atoms with E-state index < -0.39 is 21.8 Å². The number of hydrogen-bond donors (Lipinski definition) is 3. The summed E-state index contributed by atoms with van der Waals surface area (Å²) in [5.41, 5.74) is 2.12. The maximum absolute atomic E-state index is 12.2. The van der Waals surface area contributed by atoms with E-state index in [9.17, 15) is 23.1 Å². The number of fused-ring (bicyclic) bond motifs is 1. The molecular weight excluding hydrogens is 432 g/mol. The minimum absolute atomic E-state index is 0.0398. The molecule has 0 spiro atoms. The number of nitrogens with zero attached hydrogens (tertiary/aromatic N) is 2. The van der Waals surface area contributed by atoms with Gasteiger partial charge in [0.25, 0.3) is 0 Å². The molecule has 0 saturated carbocycles. The number of aromatic amines is 1. The molecule has 0 unspecified atom stereocenters. The number of piperazine rings is 1. The van der Waals surface area contributed by atoms with Gasteiger partial charge < -0.3 is 15.4 Å². The lowest BCUT2D eigenvalue weighted by atomic mass is 10.0. The van der Waals surface area contributed by atoms with Gasteiger partial charge >= 0.3 is 5.97 Å². The van der Waals surface area contributed by atoms with Crippen LogP contribution in [0.2, 0.25) is 0 Å². The van der Waals surface area contributed by atoms with Gasteiger partial charge in [-0.05, 0) is 18.6 Å². The van der Waals surface area contributed by atoms with Crippen LogP contribution in [0.5, 0.6) is 0 Å². The Bertz CT molecular complexity index is 1120. The van der Waals surface area contributed by atoms with Gasteiger partial charge in [0, 0.05) is 66.5 Å². The van der Waals surface area contributed by atoms with Crippen LogP contribution in [0.3, 0.4) is 0 Å². The zero-order valence-electron chi connectivity index (χ0n) is 18.4. The molecule has 10 heteroatoms. The fraction of sp³-hybridized carbons (Fsp3) is 0.545. The number of amides is 1. The Labute approximate surface area is 187 Å². The van der Waals surface area contributed by atoms with E-state index in [0.29, 0.717) is 43.9 Å². The van der Waals surface area contributed by atoms with E-state index in [1.807, 2.05) is 30.9 Å². The number of carbonyl (C=O) groups excluding carboxylic acids is 1. The van der Waals surface area contributed by atoms with Crippen molar-refractivity contribution < 1.29 is 23.1 Å². The number of carboxylic acids is 1. The van der Waals surface area contributed by atoms with Gasteiger partial charge in [-0.15, -0.1) is 0 Å². The van der Waals surface area contributed by atoms with Crippen molar-refractivity contribution in [1.82, 2.24) is 14.8 Å². The standard InChI is InChI=1S/C22H30N4O5S/c1-14(2)21(27)24-15-3-4-17-18(12-23-19(17)11-15)20(22(28)29)26-8-6-25(7-9-26)16-5-10-32(30,31)13-16/h3-4,11-12,14,16,20,23H,5-10,13H2,1-2H3,(H,24,27)(H,28,29)/t16-,20-/m0/s1. The highest BCUT2D eigenvalue weighted by atomic mass is 32.2. The van der Waals surface area contributed by atoms with Crippen LogP contribution in [0.1, 0.15) is 31.9 Å². The Morgan fingerprint density at radius 1 is 1.19 bits per heavy atom. The number of carboxylic acid groups (broad SMARTS) is 1. The maximum Gasteiger partial charge on any atom is 0.325 e. The van der Waals surface area contributed by atoms with E-state index in [1.165, 1.54) is 0 Å². The average Bonchev–Trinajstić information content (AvgIpc) is 3.31. The lowest BCUT2D eigenvalue weighted by molar-refractivity contribution is -0.144. The SMILES string of the molecule is CC(C)C(=O)Nc1ccc2c([C@@H](C(=O)O)N3CCN([C@H]4CCS(=O)(=O)C4)CC3)c[nH]c2c1. The molecule has 3 heterocycles. The second-order valence-electron chi connectivity index (χ2n) is 9.02. The Balaban J connectivity index is 1.49. The number of rotatable bonds is 6. The molecule has 174 valence electrons. The minimum atomic E-state index is -2.94. The van der Waals surface area contributed by atoms with Crippen LogP contribution in [0, 0.1) is 5.92 Å². The second-order valence-corrected chi connectivity index (χ2v) is 11.2. The summed E-state index contributed by atoms with van der Waals surface area (Å²) in [5.74, 6) is -0.685. The van der Waals surface area contributed by atoms with Gasteiger partial charge in [-0.2, -0.15) is 0 Å². The van der Waals surface area contributed by atoms with Gasteiger partial charge in [0.15, 0.2) is 9.84 Å². The predicted octanol–water partition coefficient (Wildman–Crippen LogP) is 1.69. The first-order chi connectivity index (χ1) is 15.1. The quantitative estimate of drug-likeness (QED) is 0.597. The van der Waals surface area contributed by atoms with Gasteiger partial charge in [0.2, 0.25) is 5.91 Å². The monoisotopic (exact) mass is 462 g/mol. The molecule has 0 aliphatic carbocycles. The largest absolute Gasteiger partial charge is 0.480 e. The first kappa shape index (κ1) is 22.8. The normalized spacial score (nSPS) is 22.9. The third-order valence-electron chi connectivity index (χ3n) is 6.47. The van der Waals surface area contributed by atoms with Crippen LogP contribution in [0.15, 0.2) is 24.4 Å². The zero-order chi connectivity index (χ0) is 23.0. The molecule has 32 heavy (non-hydrogen) atoms. The van der Waals surface area contributed by atoms with Crippen molar-refractivity contribution in [3.63, 3.8) is 0 Å². The summed E-state index contributed by atoms with van der Waals surface area (Å²) in [4.78, 5) is 31.5. The Hall–Kier alpha value is -2.43. The zero-order valence-corrected chi connectivity index (χ0v) is 19.2. The highest BCUT2D eigenvalue weighted by Gasteiger charge is 2.37. The topological polar surface area (TPSA) is 123 Å². The average molecular weight is 463 g/mol. The third kappa shape index (κ3) is 4.67. The molecule has 0 bridgehead atoms. The van der Waals surface area contributed by atoms with Crippen LogP contribution in [-0.2, 0) is 19.4 Å². The fourth-order valence-corrected chi connectivity index (χ4v) is 6.41. The summed E-state index contributed by atoms with van der Waals surface area (Å²) in [6.07, 6.45) is 2.39. The molecule has 2 atom stereocenters. The van der Waals surface area contributed by atoms with E-state index in [1.54, 1.807) is 12.3 Å². The molecule has 2 aliphatic rings. The summed E-state index contributed by atoms with van der Waals surface area (Å²) in [7, 11) is -2.94. The van der Waals surface area contributed by atoms with Crippen molar-refractivity contribution in [1.29, 1.82) is 0 Å². The molecule has 2 aromatic rings. The fourth-order valence-electron chi connectivity index (χ4n) is 4.65. The summed E-state index contributed by atoms with van der Waals surface area (Å²) in [5, 5.41) is 13.7. The molecule has 3 N–H and O–H groups in total. The highest BCUT2D eigenvalue weighted by Crippen LogP contribution is 2.31. The molecule has 2 saturated heterocycles. The predicted molar refractivity (Wildman–Crippen MR) is 122 cm³/mol. The Morgan fingerprint density at radius 3 is 2.50 bits per heavy atom. The second kappa shape index (κ2) is 8.84. The lowest BCUT2D eigenvalue weighted by Gasteiger charge is -2.39. The van der Waals surface area contributed by atoms with Crippen molar-refractivity contribution in [2.75, 3.05) is 43.0 Å². The Kier molecular flexibility index (Phi) is 6.28. The number of benzene rings is 1. The number of H-pyrrole nitrogens is 1. The van der Waals surface area contributed by atoms with E-state index in [-0.39, 0.29) is 29.4 Å². The van der Waals surface area contributed by atoms with E-state index in [0.717, 1.165) is 10.9 Å². The van der Waals surface area contributed by atoms with E-state index in [2.05, 4.69) is 15.2 Å². The highest BCUT2D eigenvalue weighted by molar-refractivity contribution is 7.91. The summed E-state index contributed by atoms with van der Waals surface area (Å²) in [6, 6.07) is 4.69. The van der Waals surface area contributed by atoms with Crippen molar-refractivity contribution in [3.8, 4) is 0 Å². The molecule has 1 aromatic heterocycles. The number of anilines is 1. The van der Waals surface area contributed by atoms with Crippen molar-refractivity contribution >= 4 is 38.3 Å². The van der Waals surface area contributed by atoms with Crippen LogP contribution in [0.25, 0.3) is 10.9 Å². The number of nitrogens with one attached hydrogen (secondary N) is 2. The molecule has 1 amide bonds. The molecule has 9 nitrogen and oxygen atoms in total. The molecular formula is C22H30N4O5S. The van der Waals surface area contributed by atoms with Crippen molar-refractivity contribution in [2.24, 2.45) is 5.92 Å². The van der Waals surface area contributed by atoms with Crippen molar-refractivity contribution in [2.45, 2.75) is 32.4 Å². The number of aliphatic carboxylic acids is 1. The van der Waals surface area contributed by atoms with Gasteiger partial charge in [-0.3, -0.25) is 19.4 Å². The van der Waals surface area contributed by atoms with Crippen LogP contribution in [0.4, 0.5) is 5.69 Å². The molecule has 2 fully saturated rings.